The molecule has 0 aliphatic heterocycles. The maximum absolute atomic E-state index is 12.9. The van der Waals surface area contributed by atoms with Gasteiger partial charge in [0.1, 0.15) is 5.82 Å². The van der Waals surface area contributed by atoms with E-state index in [9.17, 15) is 26.4 Å². The molecule has 0 aliphatic rings. The highest BCUT2D eigenvalue weighted by Crippen LogP contribution is 2.33. The quantitative estimate of drug-likeness (QED) is 0.490. The van der Waals surface area contributed by atoms with Crippen LogP contribution >= 0.6 is 0 Å². The Morgan fingerprint density at radius 3 is 2.59 bits per heavy atom. The molecule has 0 unspecified atom stereocenters. The molecule has 0 saturated heterocycles. The largest absolute Gasteiger partial charge is 0.419 e. The highest BCUT2D eigenvalue weighted by atomic mass is 32.2. The molecule has 158 valence electrons. The highest BCUT2D eigenvalue weighted by Gasteiger charge is 2.33. The molecule has 1 aromatic carbocycles. The lowest BCUT2D eigenvalue weighted by Crippen LogP contribution is -2.30. The maximum atomic E-state index is 12.9. The van der Waals surface area contributed by atoms with Crippen LogP contribution in [0.1, 0.15) is 15.9 Å². The molecule has 2 N–H and O–H groups in total. The number of hydrogen-bond donors (Lipinski definition) is 2. The molecule has 0 fully saturated rings. The molecule has 2 aromatic rings. The van der Waals surface area contributed by atoms with E-state index in [1.807, 2.05) is 0 Å². The van der Waals surface area contributed by atoms with Crippen molar-refractivity contribution in [3.63, 3.8) is 0 Å². The third-order valence-electron chi connectivity index (χ3n) is 3.81. The van der Waals surface area contributed by atoms with Gasteiger partial charge in [0.15, 0.2) is 0 Å². The first-order valence-electron chi connectivity index (χ1n) is 8.24. The predicted octanol–water partition coefficient (Wildman–Crippen LogP) is 2.12. The van der Waals surface area contributed by atoms with Crippen molar-refractivity contribution in [3.05, 3.63) is 53.7 Å². The number of hydrogen-bond acceptors (Lipinski definition) is 6. The highest BCUT2D eigenvalue weighted by molar-refractivity contribution is 7.89. The van der Waals surface area contributed by atoms with Crippen molar-refractivity contribution in [2.45, 2.75) is 11.1 Å². The van der Waals surface area contributed by atoms with Crippen LogP contribution in [0.3, 0.4) is 0 Å². The Balaban J connectivity index is 1.99. The van der Waals surface area contributed by atoms with E-state index in [2.05, 4.69) is 20.5 Å². The summed E-state index contributed by atoms with van der Waals surface area (Å²) in [5.41, 5.74) is -0.837. The lowest BCUT2D eigenvalue weighted by molar-refractivity contribution is -0.137. The number of pyridine rings is 1. The summed E-state index contributed by atoms with van der Waals surface area (Å²) in [6, 6.07) is 7.37. The van der Waals surface area contributed by atoms with Crippen molar-refractivity contribution in [2.24, 2.45) is 0 Å². The van der Waals surface area contributed by atoms with E-state index in [0.717, 1.165) is 6.07 Å². The van der Waals surface area contributed by atoms with Crippen molar-refractivity contribution < 1.29 is 31.2 Å². The molecule has 1 aromatic heterocycles. The van der Waals surface area contributed by atoms with Gasteiger partial charge in [-0.2, -0.15) is 13.2 Å². The van der Waals surface area contributed by atoms with Crippen molar-refractivity contribution in [3.8, 4) is 0 Å². The second-order valence-electron chi connectivity index (χ2n) is 5.71. The van der Waals surface area contributed by atoms with Crippen molar-refractivity contribution in [1.82, 2.24) is 14.8 Å². The Morgan fingerprint density at radius 1 is 1.21 bits per heavy atom. The summed E-state index contributed by atoms with van der Waals surface area (Å²) >= 11 is 0. The Kier molecular flexibility index (Phi) is 7.16. The molecule has 1 heterocycles. The average molecular weight is 432 g/mol. The van der Waals surface area contributed by atoms with Gasteiger partial charge in [0.05, 0.1) is 17.6 Å². The fraction of sp³-hybridized carbons (Fsp3) is 0.294. The van der Waals surface area contributed by atoms with Crippen molar-refractivity contribution >= 4 is 21.7 Å². The number of halogens is 3. The van der Waals surface area contributed by atoms with E-state index in [1.54, 1.807) is 0 Å². The zero-order valence-electron chi connectivity index (χ0n) is 15.5. The molecule has 0 atom stereocenters. The lowest BCUT2D eigenvalue weighted by Gasteiger charge is -2.15. The standard InChI is InChI=1S/C17H19F3N4O4S/c1-24(28-2)29(26,27)13-6-3-5-12(11-13)16(25)23-10-9-22-15-14(17(18,19)20)7-4-8-21-15/h3-8,11H,9-10H2,1-2H3,(H,21,22)(H,23,25). The lowest BCUT2D eigenvalue weighted by atomic mass is 10.2. The molecule has 0 radical (unpaired) electrons. The van der Waals surface area contributed by atoms with Gasteiger partial charge in [0, 0.05) is 31.9 Å². The SMILES string of the molecule is CON(C)S(=O)(=O)c1cccc(C(=O)NCCNc2ncccc2C(F)(F)F)c1. The Labute approximate surface area is 165 Å². The summed E-state index contributed by atoms with van der Waals surface area (Å²) in [6.45, 7) is -0.0299. The minimum Gasteiger partial charge on any atom is -0.368 e. The predicted molar refractivity (Wildman–Crippen MR) is 98.5 cm³/mol. The summed E-state index contributed by atoms with van der Waals surface area (Å²) in [7, 11) is -1.52. The normalized spacial score (nSPS) is 12.1. The molecule has 0 bridgehead atoms. The number of rotatable bonds is 8. The molecule has 0 aliphatic carbocycles. The number of anilines is 1. The smallest absolute Gasteiger partial charge is 0.368 e. The number of nitrogens with zero attached hydrogens (tertiary/aromatic N) is 2. The van der Waals surface area contributed by atoms with Gasteiger partial charge in [-0.15, -0.1) is 0 Å². The van der Waals surface area contributed by atoms with Crippen molar-refractivity contribution in [1.29, 1.82) is 0 Å². The van der Waals surface area contributed by atoms with Gasteiger partial charge >= 0.3 is 6.18 Å². The van der Waals surface area contributed by atoms with Crippen LogP contribution in [0.2, 0.25) is 0 Å². The minimum absolute atomic E-state index is 0.0122. The Hall–Kier alpha value is -2.70. The Bertz CT molecular complexity index is 967. The zero-order valence-corrected chi connectivity index (χ0v) is 16.3. The van der Waals surface area contributed by atoms with E-state index >= 15 is 0 Å². The van der Waals surface area contributed by atoms with Gasteiger partial charge in [0.2, 0.25) is 0 Å². The summed E-state index contributed by atoms with van der Waals surface area (Å²) in [5.74, 6) is -0.925. The number of benzene rings is 1. The molecular weight excluding hydrogens is 413 g/mol. The topological polar surface area (TPSA) is 101 Å². The number of aromatic nitrogens is 1. The number of carbonyl (C=O) groups is 1. The molecule has 8 nitrogen and oxygen atoms in total. The summed E-state index contributed by atoms with van der Waals surface area (Å²) in [6.07, 6.45) is -3.33. The van der Waals surface area contributed by atoms with Crippen LogP contribution in [0.4, 0.5) is 19.0 Å². The fourth-order valence-electron chi connectivity index (χ4n) is 2.28. The van der Waals surface area contributed by atoms with Crippen LogP contribution in [-0.2, 0) is 21.0 Å². The van der Waals surface area contributed by atoms with Gasteiger partial charge < -0.3 is 10.6 Å². The van der Waals surface area contributed by atoms with Gasteiger partial charge in [-0.3, -0.25) is 9.63 Å². The van der Waals surface area contributed by atoms with Gasteiger partial charge in [0.25, 0.3) is 15.9 Å². The maximum Gasteiger partial charge on any atom is 0.419 e. The zero-order chi connectivity index (χ0) is 21.7. The molecule has 0 saturated carbocycles. The van der Waals surface area contributed by atoms with Gasteiger partial charge in [-0.25, -0.2) is 13.4 Å². The number of nitrogens with one attached hydrogen (secondary N) is 2. The van der Waals surface area contributed by atoms with Crippen LogP contribution in [-0.4, -0.2) is 51.0 Å². The van der Waals surface area contributed by atoms with Gasteiger partial charge in [-0.1, -0.05) is 10.5 Å². The molecule has 29 heavy (non-hydrogen) atoms. The van der Waals surface area contributed by atoms with E-state index in [4.69, 9.17) is 0 Å². The van der Waals surface area contributed by atoms with E-state index < -0.39 is 27.7 Å². The number of alkyl halides is 3. The second-order valence-corrected chi connectivity index (χ2v) is 7.64. The average Bonchev–Trinajstić information content (AvgIpc) is 2.70. The number of carbonyl (C=O) groups excluding carboxylic acids is 1. The van der Waals surface area contributed by atoms with Crippen LogP contribution in [0, 0.1) is 0 Å². The van der Waals surface area contributed by atoms with E-state index in [-0.39, 0.29) is 29.4 Å². The first kappa shape index (κ1) is 22.6. The number of sulfonamides is 1. The van der Waals surface area contributed by atoms with Crippen LogP contribution in [0.5, 0.6) is 0 Å². The van der Waals surface area contributed by atoms with Gasteiger partial charge in [-0.05, 0) is 30.3 Å². The summed E-state index contributed by atoms with van der Waals surface area (Å²) < 4.78 is 63.8. The van der Waals surface area contributed by atoms with E-state index in [1.165, 1.54) is 50.7 Å². The van der Waals surface area contributed by atoms with Crippen molar-refractivity contribution in [2.75, 3.05) is 32.6 Å². The minimum atomic E-state index is -4.55. The van der Waals surface area contributed by atoms with Crippen LogP contribution < -0.4 is 10.6 Å². The third kappa shape index (κ3) is 5.65. The molecule has 12 heteroatoms. The second kappa shape index (κ2) is 9.20. The first-order chi connectivity index (χ1) is 13.6. The fourth-order valence-corrected chi connectivity index (χ4v) is 3.30. The molecule has 1 amide bonds. The summed E-state index contributed by atoms with van der Waals surface area (Å²) in [5, 5.41) is 5.02. The monoisotopic (exact) mass is 432 g/mol. The Morgan fingerprint density at radius 2 is 1.93 bits per heavy atom. The van der Waals surface area contributed by atoms with Crippen LogP contribution in [0.15, 0.2) is 47.5 Å². The first-order valence-corrected chi connectivity index (χ1v) is 9.68. The number of amides is 1. The van der Waals surface area contributed by atoms with E-state index in [0.29, 0.717) is 4.47 Å². The molecule has 0 spiro atoms. The molecule has 2 rings (SSSR count). The molecular formula is C17H19F3N4O4S. The number of hydroxylamine groups is 1. The third-order valence-corrected chi connectivity index (χ3v) is 5.48. The summed E-state index contributed by atoms with van der Waals surface area (Å²) in [4.78, 5) is 20.4. The van der Waals surface area contributed by atoms with Crippen LogP contribution in [0.25, 0.3) is 0 Å².